The molecule has 1 N–H and O–H groups in total. The number of hydrogen-bond donors (Lipinski definition) is 1. The van der Waals surface area contributed by atoms with Gasteiger partial charge in [0.2, 0.25) is 0 Å². The van der Waals surface area contributed by atoms with Crippen LogP contribution >= 0.6 is 0 Å². The van der Waals surface area contributed by atoms with Gasteiger partial charge in [-0.3, -0.25) is 0 Å². The molecule has 2 unspecified atom stereocenters. The van der Waals surface area contributed by atoms with Crippen LogP contribution < -0.4 is 5.32 Å². The number of benzene rings is 1. The van der Waals surface area contributed by atoms with E-state index in [9.17, 15) is 0 Å². The normalized spacial score (nSPS) is 14.3. The van der Waals surface area contributed by atoms with E-state index in [4.69, 9.17) is 0 Å². The molecule has 2 atom stereocenters. The summed E-state index contributed by atoms with van der Waals surface area (Å²) in [5, 5.41) is 3.65. The van der Waals surface area contributed by atoms with Crippen LogP contribution in [0.2, 0.25) is 0 Å². The molecule has 0 aliphatic carbocycles. The molecule has 0 bridgehead atoms. The summed E-state index contributed by atoms with van der Waals surface area (Å²) in [4.78, 5) is 4.07. The van der Waals surface area contributed by atoms with Crippen LogP contribution in [0.25, 0.3) is 0 Å². The van der Waals surface area contributed by atoms with Crippen molar-refractivity contribution in [1.82, 2.24) is 14.9 Å². The number of imidazole rings is 1. The molecule has 1 aromatic carbocycles. The van der Waals surface area contributed by atoms with Crippen molar-refractivity contribution < 1.29 is 0 Å². The van der Waals surface area contributed by atoms with Crippen LogP contribution in [0.1, 0.15) is 36.6 Å². The SMILES string of the molecule is Cc1ccc(C)c(C(C)NC(C)Cn2ccnc2)c1. The number of aryl methyl sites for hydroxylation is 2. The lowest BCUT2D eigenvalue weighted by Gasteiger charge is -2.22. The van der Waals surface area contributed by atoms with Crippen LogP contribution in [0.5, 0.6) is 0 Å². The van der Waals surface area contributed by atoms with E-state index in [1.165, 1.54) is 16.7 Å². The van der Waals surface area contributed by atoms with E-state index in [1.54, 1.807) is 0 Å². The van der Waals surface area contributed by atoms with Crippen LogP contribution in [0.3, 0.4) is 0 Å². The Bertz CT molecular complexity index is 517. The zero-order valence-electron chi connectivity index (χ0n) is 12.2. The average molecular weight is 257 g/mol. The Morgan fingerprint density at radius 1 is 1.26 bits per heavy atom. The molecular weight excluding hydrogens is 234 g/mol. The summed E-state index contributed by atoms with van der Waals surface area (Å²) in [5.41, 5.74) is 4.05. The molecule has 102 valence electrons. The Kier molecular flexibility index (Phi) is 4.38. The third kappa shape index (κ3) is 3.67. The number of aromatic nitrogens is 2. The molecule has 1 heterocycles. The third-order valence-electron chi connectivity index (χ3n) is 3.48. The first-order valence-electron chi connectivity index (χ1n) is 6.85. The molecule has 19 heavy (non-hydrogen) atoms. The second-order valence-electron chi connectivity index (χ2n) is 5.41. The molecule has 2 rings (SSSR count). The maximum Gasteiger partial charge on any atom is 0.0946 e. The lowest BCUT2D eigenvalue weighted by atomic mass is 9.99. The molecule has 0 saturated carbocycles. The van der Waals surface area contributed by atoms with Gasteiger partial charge < -0.3 is 9.88 Å². The van der Waals surface area contributed by atoms with E-state index in [2.05, 4.69) is 60.8 Å². The van der Waals surface area contributed by atoms with E-state index in [-0.39, 0.29) is 0 Å². The Hall–Kier alpha value is -1.61. The van der Waals surface area contributed by atoms with Gasteiger partial charge in [-0.1, -0.05) is 23.8 Å². The minimum Gasteiger partial charge on any atom is -0.336 e. The summed E-state index contributed by atoms with van der Waals surface area (Å²) in [6, 6.07) is 7.41. The first kappa shape index (κ1) is 13.8. The lowest BCUT2D eigenvalue weighted by Crippen LogP contribution is -2.32. The molecule has 0 fully saturated rings. The Morgan fingerprint density at radius 2 is 2.05 bits per heavy atom. The summed E-state index contributed by atoms with van der Waals surface area (Å²) in [6.07, 6.45) is 5.68. The minimum atomic E-state index is 0.360. The Morgan fingerprint density at radius 3 is 2.74 bits per heavy atom. The smallest absolute Gasteiger partial charge is 0.0946 e. The number of nitrogens with zero attached hydrogens (tertiary/aromatic N) is 2. The van der Waals surface area contributed by atoms with Gasteiger partial charge in [-0.05, 0) is 38.8 Å². The van der Waals surface area contributed by atoms with Gasteiger partial charge in [-0.2, -0.15) is 0 Å². The van der Waals surface area contributed by atoms with Crippen LogP contribution in [0.15, 0.2) is 36.9 Å². The van der Waals surface area contributed by atoms with Crippen molar-refractivity contribution in [3.63, 3.8) is 0 Å². The Labute approximate surface area is 115 Å². The van der Waals surface area contributed by atoms with Gasteiger partial charge in [0.1, 0.15) is 0 Å². The van der Waals surface area contributed by atoms with Crippen LogP contribution in [0, 0.1) is 13.8 Å². The van der Waals surface area contributed by atoms with E-state index < -0.39 is 0 Å². The highest BCUT2D eigenvalue weighted by molar-refractivity contribution is 5.32. The largest absolute Gasteiger partial charge is 0.336 e. The van der Waals surface area contributed by atoms with E-state index in [0.717, 1.165) is 6.54 Å². The third-order valence-corrected chi connectivity index (χ3v) is 3.48. The van der Waals surface area contributed by atoms with Gasteiger partial charge in [-0.25, -0.2) is 4.98 Å². The molecule has 0 aliphatic heterocycles. The number of nitrogens with one attached hydrogen (secondary N) is 1. The second kappa shape index (κ2) is 6.02. The molecule has 2 aromatic rings. The predicted molar refractivity (Wildman–Crippen MR) is 79.2 cm³/mol. The molecule has 0 saturated heterocycles. The highest BCUT2D eigenvalue weighted by atomic mass is 15.1. The summed E-state index contributed by atoms with van der Waals surface area (Å²) in [6.45, 7) is 9.70. The van der Waals surface area contributed by atoms with Gasteiger partial charge in [-0.15, -0.1) is 0 Å². The van der Waals surface area contributed by atoms with E-state index in [1.807, 2.05) is 18.7 Å². The number of hydrogen-bond acceptors (Lipinski definition) is 2. The molecule has 0 radical (unpaired) electrons. The standard InChI is InChI=1S/C16H23N3/c1-12-5-6-13(2)16(9-12)15(4)18-14(3)10-19-8-7-17-11-19/h5-9,11,14-15,18H,10H2,1-4H3. The fraction of sp³-hybridized carbons (Fsp3) is 0.438. The summed E-state index contributed by atoms with van der Waals surface area (Å²) >= 11 is 0. The molecule has 3 nitrogen and oxygen atoms in total. The second-order valence-corrected chi connectivity index (χ2v) is 5.41. The molecule has 1 aromatic heterocycles. The van der Waals surface area contributed by atoms with Crippen molar-refractivity contribution in [3.8, 4) is 0 Å². The first-order chi connectivity index (χ1) is 9.06. The van der Waals surface area contributed by atoms with Crippen LogP contribution in [0.4, 0.5) is 0 Å². The highest BCUT2D eigenvalue weighted by Crippen LogP contribution is 2.19. The van der Waals surface area contributed by atoms with Gasteiger partial charge >= 0.3 is 0 Å². The fourth-order valence-corrected chi connectivity index (χ4v) is 2.51. The van der Waals surface area contributed by atoms with Crippen molar-refractivity contribution in [2.75, 3.05) is 0 Å². The van der Waals surface area contributed by atoms with Crippen LogP contribution in [-0.2, 0) is 6.54 Å². The fourth-order valence-electron chi connectivity index (χ4n) is 2.51. The lowest BCUT2D eigenvalue weighted by molar-refractivity contribution is 0.429. The van der Waals surface area contributed by atoms with Crippen LogP contribution in [-0.4, -0.2) is 15.6 Å². The first-order valence-corrected chi connectivity index (χ1v) is 6.85. The number of rotatable bonds is 5. The van der Waals surface area contributed by atoms with E-state index in [0.29, 0.717) is 12.1 Å². The molecule has 0 spiro atoms. The average Bonchev–Trinajstić information content (AvgIpc) is 2.84. The van der Waals surface area contributed by atoms with E-state index >= 15 is 0 Å². The van der Waals surface area contributed by atoms with Gasteiger partial charge in [0.05, 0.1) is 6.33 Å². The molecule has 3 heteroatoms. The topological polar surface area (TPSA) is 29.9 Å². The van der Waals surface area contributed by atoms with Gasteiger partial charge in [0.25, 0.3) is 0 Å². The molecular formula is C16H23N3. The van der Waals surface area contributed by atoms with Crippen molar-refractivity contribution >= 4 is 0 Å². The maximum absolute atomic E-state index is 4.07. The predicted octanol–water partition coefficient (Wildman–Crippen LogP) is 3.24. The molecule has 0 amide bonds. The summed E-state index contributed by atoms with van der Waals surface area (Å²) < 4.78 is 2.10. The van der Waals surface area contributed by atoms with Crippen molar-refractivity contribution in [1.29, 1.82) is 0 Å². The van der Waals surface area contributed by atoms with Crippen molar-refractivity contribution in [3.05, 3.63) is 53.6 Å². The summed E-state index contributed by atoms with van der Waals surface area (Å²) in [7, 11) is 0. The molecule has 0 aliphatic rings. The quantitative estimate of drug-likeness (QED) is 0.891. The monoisotopic (exact) mass is 257 g/mol. The maximum atomic E-state index is 4.07. The van der Waals surface area contributed by atoms with Crippen molar-refractivity contribution in [2.45, 2.75) is 46.3 Å². The minimum absolute atomic E-state index is 0.360. The zero-order valence-corrected chi connectivity index (χ0v) is 12.2. The van der Waals surface area contributed by atoms with Gasteiger partial charge in [0, 0.05) is 31.0 Å². The summed E-state index contributed by atoms with van der Waals surface area (Å²) in [5.74, 6) is 0. The zero-order chi connectivity index (χ0) is 13.8. The highest BCUT2D eigenvalue weighted by Gasteiger charge is 2.12. The van der Waals surface area contributed by atoms with Crippen molar-refractivity contribution in [2.24, 2.45) is 0 Å². The Balaban J connectivity index is 2.00. The van der Waals surface area contributed by atoms with Gasteiger partial charge in [0.15, 0.2) is 0 Å².